The SMILES string of the molecule is CCOc1ccc(NC(=O)c2cccc(NC(C)=O)c2)cc1S(=O)(=O)N1CCOCC1. The molecule has 1 fully saturated rings. The molecule has 9 nitrogen and oxygen atoms in total. The standard InChI is InChI=1S/C21H25N3O6S/c1-3-30-19-8-7-18(14-20(19)31(27,28)24-9-11-29-12-10-24)23-21(26)16-5-4-6-17(13-16)22-15(2)25/h4-8,13-14H,3,9-12H2,1-2H3,(H,22,25)(H,23,26). The molecule has 0 atom stereocenters. The molecule has 10 heteroatoms. The van der Waals surface area contributed by atoms with Crippen LogP contribution in [0.15, 0.2) is 47.4 Å². The predicted molar refractivity (Wildman–Crippen MR) is 116 cm³/mol. The summed E-state index contributed by atoms with van der Waals surface area (Å²) in [6.07, 6.45) is 0. The van der Waals surface area contributed by atoms with E-state index in [0.29, 0.717) is 36.8 Å². The largest absolute Gasteiger partial charge is 0.492 e. The number of benzene rings is 2. The Balaban J connectivity index is 1.88. The van der Waals surface area contributed by atoms with Crippen LogP contribution in [0.5, 0.6) is 5.75 Å². The fraction of sp³-hybridized carbons (Fsp3) is 0.333. The maximum absolute atomic E-state index is 13.2. The van der Waals surface area contributed by atoms with Crippen molar-refractivity contribution in [3.05, 3.63) is 48.0 Å². The Bertz CT molecular complexity index is 1060. The topological polar surface area (TPSA) is 114 Å². The van der Waals surface area contributed by atoms with Crippen molar-refractivity contribution < 1.29 is 27.5 Å². The third-order valence-electron chi connectivity index (χ3n) is 4.53. The lowest BCUT2D eigenvalue weighted by molar-refractivity contribution is -0.114. The first kappa shape index (κ1) is 22.7. The number of rotatable bonds is 7. The van der Waals surface area contributed by atoms with Gasteiger partial charge in [0.2, 0.25) is 15.9 Å². The molecule has 2 aromatic rings. The second-order valence-corrected chi connectivity index (χ2v) is 8.73. The molecule has 3 rings (SSSR count). The molecule has 0 aromatic heterocycles. The molecule has 1 aliphatic rings. The molecule has 0 aliphatic carbocycles. The lowest BCUT2D eigenvalue weighted by Crippen LogP contribution is -2.40. The molecule has 1 aliphatic heterocycles. The Labute approximate surface area is 181 Å². The number of nitrogens with zero attached hydrogens (tertiary/aromatic N) is 1. The summed E-state index contributed by atoms with van der Waals surface area (Å²) >= 11 is 0. The summed E-state index contributed by atoms with van der Waals surface area (Å²) in [4.78, 5) is 23.9. The fourth-order valence-electron chi connectivity index (χ4n) is 3.13. The highest BCUT2D eigenvalue weighted by atomic mass is 32.2. The maximum Gasteiger partial charge on any atom is 0.255 e. The Morgan fingerprint density at radius 2 is 1.77 bits per heavy atom. The van der Waals surface area contributed by atoms with Crippen LogP contribution in [0.3, 0.4) is 0 Å². The van der Waals surface area contributed by atoms with Crippen molar-refractivity contribution >= 4 is 33.2 Å². The van der Waals surface area contributed by atoms with E-state index in [-0.39, 0.29) is 29.6 Å². The average Bonchev–Trinajstić information content (AvgIpc) is 2.75. The van der Waals surface area contributed by atoms with Gasteiger partial charge in [0, 0.05) is 37.0 Å². The Morgan fingerprint density at radius 3 is 2.45 bits per heavy atom. The van der Waals surface area contributed by atoms with Gasteiger partial charge >= 0.3 is 0 Å². The molecule has 0 radical (unpaired) electrons. The summed E-state index contributed by atoms with van der Waals surface area (Å²) in [5.74, 6) is -0.465. The minimum atomic E-state index is -3.83. The number of morpholine rings is 1. The van der Waals surface area contributed by atoms with Crippen molar-refractivity contribution in [2.24, 2.45) is 0 Å². The number of carbonyl (C=O) groups is 2. The number of hydrogen-bond donors (Lipinski definition) is 2. The summed E-state index contributed by atoms with van der Waals surface area (Å²) in [6, 6.07) is 11.0. The summed E-state index contributed by atoms with van der Waals surface area (Å²) < 4.78 is 38.5. The van der Waals surface area contributed by atoms with Gasteiger partial charge in [-0.2, -0.15) is 4.31 Å². The van der Waals surface area contributed by atoms with E-state index in [9.17, 15) is 18.0 Å². The third kappa shape index (κ3) is 5.60. The van der Waals surface area contributed by atoms with Crippen molar-refractivity contribution in [2.45, 2.75) is 18.7 Å². The Morgan fingerprint density at radius 1 is 1.06 bits per heavy atom. The molecule has 0 spiro atoms. The summed E-state index contributed by atoms with van der Waals surface area (Å²) in [5, 5.41) is 5.33. The quantitative estimate of drug-likeness (QED) is 0.673. The minimum absolute atomic E-state index is 0.0129. The first-order valence-corrected chi connectivity index (χ1v) is 11.3. The van der Waals surface area contributed by atoms with Crippen LogP contribution in [-0.2, 0) is 19.6 Å². The van der Waals surface area contributed by atoms with E-state index in [0.717, 1.165) is 0 Å². The minimum Gasteiger partial charge on any atom is -0.492 e. The normalized spacial score (nSPS) is 14.6. The van der Waals surface area contributed by atoms with Gasteiger partial charge in [-0.3, -0.25) is 9.59 Å². The molecule has 2 aromatic carbocycles. The van der Waals surface area contributed by atoms with E-state index in [1.54, 1.807) is 31.2 Å². The van der Waals surface area contributed by atoms with Crippen LogP contribution in [0.25, 0.3) is 0 Å². The van der Waals surface area contributed by atoms with Crippen LogP contribution < -0.4 is 15.4 Å². The van der Waals surface area contributed by atoms with Crippen molar-refractivity contribution in [2.75, 3.05) is 43.5 Å². The average molecular weight is 448 g/mol. The summed E-state index contributed by atoms with van der Waals surface area (Å²) in [5.41, 5.74) is 1.12. The lowest BCUT2D eigenvalue weighted by atomic mass is 10.2. The molecule has 0 bridgehead atoms. The van der Waals surface area contributed by atoms with E-state index in [1.165, 1.54) is 29.4 Å². The first-order chi connectivity index (χ1) is 14.8. The second kappa shape index (κ2) is 9.90. The van der Waals surface area contributed by atoms with E-state index < -0.39 is 15.9 Å². The van der Waals surface area contributed by atoms with E-state index in [4.69, 9.17) is 9.47 Å². The highest BCUT2D eigenvalue weighted by Gasteiger charge is 2.29. The number of sulfonamides is 1. The number of nitrogens with one attached hydrogen (secondary N) is 2. The molecule has 166 valence electrons. The van der Waals surface area contributed by atoms with Crippen LogP contribution in [-0.4, -0.2) is 57.4 Å². The predicted octanol–water partition coefficient (Wildman–Crippen LogP) is 2.32. The molecule has 1 heterocycles. The van der Waals surface area contributed by atoms with Gasteiger partial charge in [-0.1, -0.05) is 6.07 Å². The monoisotopic (exact) mass is 447 g/mol. The maximum atomic E-state index is 13.2. The molecule has 1 saturated heterocycles. The molecule has 0 saturated carbocycles. The number of ether oxygens (including phenoxy) is 2. The molecule has 2 N–H and O–H groups in total. The summed E-state index contributed by atoms with van der Waals surface area (Å²) in [6.45, 7) is 4.59. The van der Waals surface area contributed by atoms with Crippen molar-refractivity contribution in [1.29, 1.82) is 0 Å². The first-order valence-electron chi connectivity index (χ1n) is 9.85. The highest BCUT2D eigenvalue weighted by molar-refractivity contribution is 7.89. The molecular weight excluding hydrogens is 422 g/mol. The fourth-order valence-corrected chi connectivity index (χ4v) is 4.70. The van der Waals surface area contributed by atoms with Gasteiger partial charge in [0.25, 0.3) is 5.91 Å². The van der Waals surface area contributed by atoms with Crippen molar-refractivity contribution in [3.8, 4) is 5.75 Å². The molecule has 0 unspecified atom stereocenters. The zero-order chi connectivity index (χ0) is 22.4. The van der Waals surface area contributed by atoms with Crippen molar-refractivity contribution in [3.63, 3.8) is 0 Å². The van der Waals surface area contributed by atoms with Crippen LogP contribution in [0.2, 0.25) is 0 Å². The van der Waals surface area contributed by atoms with Gasteiger partial charge in [-0.05, 0) is 43.3 Å². The zero-order valence-corrected chi connectivity index (χ0v) is 18.2. The van der Waals surface area contributed by atoms with Crippen LogP contribution in [0, 0.1) is 0 Å². The van der Waals surface area contributed by atoms with Crippen LogP contribution in [0.1, 0.15) is 24.2 Å². The van der Waals surface area contributed by atoms with Crippen LogP contribution >= 0.6 is 0 Å². The van der Waals surface area contributed by atoms with E-state index in [1.807, 2.05) is 0 Å². The summed E-state index contributed by atoms with van der Waals surface area (Å²) in [7, 11) is -3.83. The second-order valence-electron chi connectivity index (χ2n) is 6.83. The zero-order valence-electron chi connectivity index (χ0n) is 17.4. The van der Waals surface area contributed by atoms with Gasteiger partial charge < -0.3 is 20.1 Å². The van der Waals surface area contributed by atoms with Gasteiger partial charge in [-0.25, -0.2) is 8.42 Å². The third-order valence-corrected chi connectivity index (χ3v) is 6.45. The van der Waals surface area contributed by atoms with E-state index >= 15 is 0 Å². The van der Waals surface area contributed by atoms with Gasteiger partial charge in [0.1, 0.15) is 10.6 Å². The lowest BCUT2D eigenvalue weighted by Gasteiger charge is -2.27. The van der Waals surface area contributed by atoms with Crippen LogP contribution in [0.4, 0.5) is 11.4 Å². The van der Waals surface area contributed by atoms with Gasteiger partial charge in [0.15, 0.2) is 0 Å². The molecule has 31 heavy (non-hydrogen) atoms. The number of carbonyl (C=O) groups excluding carboxylic acids is 2. The van der Waals surface area contributed by atoms with Crippen molar-refractivity contribution in [1.82, 2.24) is 4.31 Å². The van der Waals surface area contributed by atoms with Gasteiger partial charge in [0.05, 0.1) is 19.8 Å². The number of amides is 2. The Hall–Kier alpha value is -2.95. The highest BCUT2D eigenvalue weighted by Crippen LogP contribution is 2.30. The molecular formula is C21H25N3O6S. The smallest absolute Gasteiger partial charge is 0.255 e. The number of anilines is 2. The molecule has 2 amide bonds. The van der Waals surface area contributed by atoms with E-state index in [2.05, 4.69) is 10.6 Å². The van der Waals surface area contributed by atoms with Gasteiger partial charge in [-0.15, -0.1) is 0 Å². The number of hydrogen-bond acceptors (Lipinski definition) is 6. The Kier molecular flexibility index (Phi) is 7.26.